The van der Waals surface area contributed by atoms with E-state index in [-0.39, 0.29) is 24.0 Å². The molecule has 1 saturated heterocycles. The van der Waals surface area contributed by atoms with Crippen LogP contribution in [0.1, 0.15) is 75.3 Å². The molecular formula is C20H33N3O2. The van der Waals surface area contributed by atoms with E-state index in [1.807, 2.05) is 9.58 Å². The van der Waals surface area contributed by atoms with Crippen molar-refractivity contribution in [3.05, 3.63) is 17.5 Å². The molecule has 5 heteroatoms. The molecule has 0 unspecified atom stereocenters. The molecule has 1 N–H and O–H groups in total. The van der Waals surface area contributed by atoms with Crippen LogP contribution in [0.3, 0.4) is 0 Å². The maximum atomic E-state index is 13.3. The van der Waals surface area contributed by atoms with E-state index in [0.717, 1.165) is 62.9 Å². The third-order valence-electron chi connectivity index (χ3n) is 5.89. The smallest absolute Gasteiger partial charge is 0.257 e. The van der Waals surface area contributed by atoms with Crippen molar-refractivity contribution >= 4 is 5.91 Å². The fraction of sp³-hybridized carbons (Fsp3) is 0.800. The van der Waals surface area contributed by atoms with Crippen molar-refractivity contribution in [3.8, 4) is 0 Å². The number of rotatable bonds is 5. The van der Waals surface area contributed by atoms with Gasteiger partial charge >= 0.3 is 0 Å². The molecule has 1 amide bonds. The fourth-order valence-electron chi connectivity index (χ4n) is 4.70. The van der Waals surface area contributed by atoms with Gasteiger partial charge in [0.05, 0.1) is 23.6 Å². The van der Waals surface area contributed by atoms with Crippen molar-refractivity contribution in [2.75, 3.05) is 6.54 Å². The Morgan fingerprint density at radius 1 is 1.28 bits per heavy atom. The van der Waals surface area contributed by atoms with Gasteiger partial charge in [0.15, 0.2) is 0 Å². The highest BCUT2D eigenvalue weighted by Gasteiger charge is 2.39. The number of carbonyl (C=O) groups is 1. The zero-order valence-corrected chi connectivity index (χ0v) is 15.9. The van der Waals surface area contributed by atoms with Gasteiger partial charge in [-0.05, 0) is 38.0 Å². The van der Waals surface area contributed by atoms with E-state index in [1.54, 1.807) is 6.20 Å². The molecule has 25 heavy (non-hydrogen) atoms. The minimum atomic E-state index is -0.249. The molecule has 3 atom stereocenters. The largest absolute Gasteiger partial charge is 0.393 e. The molecule has 1 aromatic heterocycles. The Bertz CT molecular complexity index is 596. The lowest BCUT2D eigenvalue weighted by molar-refractivity contribution is 0.0211. The number of carbonyl (C=O) groups excluding carboxylic acids is 1. The Kier molecular flexibility index (Phi) is 5.82. The highest BCUT2D eigenvalue weighted by Crippen LogP contribution is 2.35. The van der Waals surface area contributed by atoms with Crippen LogP contribution in [0.25, 0.3) is 0 Å². The van der Waals surface area contributed by atoms with Gasteiger partial charge in [-0.15, -0.1) is 0 Å². The Hall–Kier alpha value is -1.36. The minimum Gasteiger partial charge on any atom is -0.393 e. The summed E-state index contributed by atoms with van der Waals surface area (Å²) in [6, 6.07) is 0.195. The zero-order chi connectivity index (χ0) is 18.0. The van der Waals surface area contributed by atoms with Gasteiger partial charge in [-0.1, -0.05) is 33.6 Å². The van der Waals surface area contributed by atoms with Crippen LogP contribution in [0.2, 0.25) is 0 Å². The highest BCUT2D eigenvalue weighted by molar-refractivity contribution is 5.95. The van der Waals surface area contributed by atoms with Crippen molar-refractivity contribution in [2.45, 2.75) is 84.4 Å². The molecule has 0 aromatic carbocycles. The van der Waals surface area contributed by atoms with Crippen molar-refractivity contribution in [1.82, 2.24) is 14.7 Å². The fourth-order valence-corrected chi connectivity index (χ4v) is 4.70. The average molecular weight is 348 g/mol. The molecule has 3 rings (SSSR count). The van der Waals surface area contributed by atoms with Gasteiger partial charge in [0.25, 0.3) is 5.91 Å². The second-order valence-corrected chi connectivity index (χ2v) is 8.16. The highest BCUT2D eigenvalue weighted by atomic mass is 16.3. The number of aliphatic hydroxyl groups excluding tert-OH is 1. The lowest BCUT2D eigenvalue weighted by Crippen LogP contribution is -2.45. The number of likely N-dealkylation sites (tertiary alicyclic amines) is 1. The van der Waals surface area contributed by atoms with E-state index in [0.29, 0.717) is 5.92 Å². The predicted octanol–water partition coefficient (Wildman–Crippen LogP) is 3.26. The maximum Gasteiger partial charge on any atom is 0.257 e. The number of nitrogens with zero attached hydrogens (tertiary/aromatic N) is 3. The Labute approximate surface area is 151 Å². The van der Waals surface area contributed by atoms with Crippen molar-refractivity contribution in [3.63, 3.8) is 0 Å². The summed E-state index contributed by atoms with van der Waals surface area (Å²) < 4.78 is 2.00. The van der Waals surface area contributed by atoms with Crippen LogP contribution in [0.5, 0.6) is 0 Å². The van der Waals surface area contributed by atoms with E-state index in [9.17, 15) is 9.90 Å². The predicted molar refractivity (Wildman–Crippen MR) is 98.5 cm³/mol. The summed E-state index contributed by atoms with van der Waals surface area (Å²) in [7, 11) is 0. The zero-order valence-electron chi connectivity index (χ0n) is 15.9. The summed E-state index contributed by atoms with van der Waals surface area (Å²) >= 11 is 0. The van der Waals surface area contributed by atoms with E-state index < -0.39 is 0 Å². The summed E-state index contributed by atoms with van der Waals surface area (Å²) in [5.74, 6) is 0.869. The quantitative estimate of drug-likeness (QED) is 0.889. The molecule has 1 aliphatic carbocycles. The molecule has 0 spiro atoms. The molecule has 2 aliphatic rings. The number of hydrogen-bond acceptors (Lipinski definition) is 3. The van der Waals surface area contributed by atoms with Crippen molar-refractivity contribution < 1.29 is 9.90 Å². The van der Waals surface area contributed by atoms with Crippen molar-refractivity contribution in [2.24, 2.45) is 11.8 Å². The maximum absolute atomic E-state index is 13.3. The Morgan fingerprint density at radius 3 is 2.72 bits per heavy atom. The van der Waals surface area contributed by atoms with Crippen LogP contribution in [-0.2, 0) is 13.0 Å². The Balaban J connectivity index is 1.81. The first kappa shape index (κ1) is 18.4. The van der Waals surface area contributed by atoms with Crippen LogP contribution < -0.4 is 0 Å². The lowest BCUT2D eigenvalue weighted by atomic mass is 9.80. The molecule has 2 heterocycles. The van der Waals surface area contributed by atoms with Crippen LogP contribution in [0.4, 0.5) is 0 Å². The number of amides is 1. The minimum absolute atomic E-state index is 0.118. The molecule has 140 valence electrons. The van der Waals surface area contributed by atoms with Gasteiger partial charge in [-0.3, -0.25) is 9.48 Å². The molecule has 5 nitrogen and oxygen atoms in total. The first-order valence-corrected chi connectivity index (χ1v) is 10.1. The summed E-state index contributed by atoms with van der Waals surface area (Å²) in [5, 5.41) is 14.9. The third kappa shape index (κ3) is 3.76. The molecular weight excluding hydrogens is 314 g/mol. The standard InChI is InChI=1S/C20H33N3O2/c1-4-17-16(12-21-23(17)13-14(2)3)20(25)22-11-7-9-18(22)15-8-5-6-10-19(15)24/h12,14-15,18-19,24H,4-11,13H2,1-3H3/t15-,18-,19+/m1/s1. The number of aromatic nitrogens is 2. The van der Waals surface area contributed by atoms with Gasteiger partial charge in [0.2, 0.25) is 0 Å². The van der Waals surface area contributed by atoms with Crippen LogP contribution in [0, 0.1) is 11.8 Å². The molecule has 1 aliphatic heterocycles. The molecule has 0 radical (unpaired) electrons. The van der Waals surface area contributed by atoms with Gasteiger partial charge in [-0.2, -0.15) is 5.10 Å². The molecule has 1 saturated carbocycles. The normalized spacial score (nSPS) is 27.2. The number of aliphatic hydroxyl groups is 1. The summed E-state index contributed by atoms with van der Waals surface area (Å²) in [6.45, 7) is 8.09. The van der Waals surface area contributed by atoms with E-state index in [4.69, 9.17) is 0 Å². The molecule has 2 fully saturated rings. The SMILES string of the molecule is CCc1c(C(=O)N2CCC[C@@H]2[C@H]2CCCC[C@@H]2O)cnn1CC(C)C. The second kappa shape index (κ2) is 7.90. The van der Waals surface area contributed by atoms with E-state index in [2.05, 4.69) is 25.9 Å². The van der Waals surface area contributed by atoms with E-state index in [1.165, 1.54) is 6.42 Å². The van der Waals surface area contributed by atoms with Crippen LogP contribution in [0.15, 0.2) is 6.20 Å². The first-order valence-electron chi connectivity index (χ1n) is 10.1. The van der Waals surface area contributed by atoms with Crippen LogP contribution >= 0.6 is 0 Å². The Morgan fingerprint density at radius 2 is 2.04 bits per heavy atom. The average Bonchev–Trinajstić information content (AvgIpc) is 3.21. The lowest BCUT2D eigenvalue weighted by Gasteiger charge is -2.37. The van der Waals surface area contributed by atoms with Gasteiger partial charge in [-0.25, -0.2) is 0 Å². The summed E-state index contributed by atoms with van der Waals surface area (Å²) in [6.07, 6.45) is 8.61. The van der Waals surface area contributed by atoms with Crippen LogP contribution in [-0.4, -0.2) is 44.4 Å². The molecule has 0 bridgehead atoms. The second-order valence-electron chi connectivity index (χ2n) is 8.16. The van der Waals surface area contributed by atoms with E-state index >= 15 is 0 Å². The number of hydrogen-bond donors (Lipinski definition) is 1. The monoisotopic (exact) mass is 347 g/mol. The topological polar surface area (TPSA) is 58.4 Å². The third-order valence-corrected chi connectivity index (χ3v) is 5.89. The van der Waals surface area contributed by atoms with Gasteiger partial charge in [0, 0.05) is 25.0 Å². The van der Waals surface area contributed by atoms with Gasteiger partial charge in [0.1, 0.15) is 0 Å². The molecule has 1 aromatic rings. The summed E-state index contributed by atoms with van der Waals surface area (Å²) in [4.78, 5) is 15.3. The van der Waals surface area contributed by atoms with Gasteiger partial charge < -0.3 is 10.0 Å². The summed E-state index contributed by atoms with van der Waals surface area (Å²) in [5.41, 5.74) is 1.81. The van der Waals surface area contributed by atoms with Crippen molar-refractivity contribution in [1.29, 1.82) is 0 Å². The first-order chi connectivity index (χ1) is 12.0.